The number of methoxy groups -OCH3 is 4. The molecule has 0 amide bonds. The van der Waals surface area contributed by atoms with Gasteiger partial charge in [-0.05, 0) is 77.5 Å². The number of hydrogen-bond donors (Lipinski definition) is 0. The second-order valence-corrected chi connectivity index (χ2v) is 10.7. The largest absolute Gasteiger partial charge is 0.493 e. The van der Waals surface area contributed by atoms with Gasteiger partial charge in [0.15, 0.2) is 28.8 Å². The highest BCUT2D eigenvalue weighted by Crippen LogP contribution is 2.49. The standard InChI is InChI=1S/C31H36BrNO8/c1-7-40-10-11-41-31(35)27-17(2)33-22-13-19(18-8-9-24(36-3)25(15-18)37-4)14-23(34)29(22)28(27)20-12-21(32)30(39-6)26(16-20)38-5/h8-9,12,15-16,19,27-28H,7,10-11,13-14H2,1-6H3/t19-,27?,28+/m0/s1. The molecule has 41 heavy (non-hydrogen) atoms. The molecule has 0 fully saturated rings. The third-order valence-electron chi connectivity index (χ3n) is 7.51. The first-order chi connectivity index (χ1) is 19.8. The molecule has 0 aromatic heterocycles. The summed E-state index contributed by atoms with van der Waals surface area (Å²) in [5.74, 6) is 0.191. The number of nitrogens with zero attached hydrogens (tertiary/aromatic N) is 1. The number of halogens is 1. The van der Waals surface area contributed by atoms with E-state index < -0.39 is 17.8 Å². The van der Waals surface area contributed by atoms with Crippen molar-refractivity contribution in [2.75, 3.05) is 48.3 Å². The predicted octanol–water partition coefficient (Wildman–Crippen LogP) is 5.64. The molecular weight excluding hydrogens is 594 g/mol. The SMILES string of the molecule is CCOCCOC(=O)C1C(C)=NC2=C(C(=O)C[C@@H](c3ccc(OC)c(OC)c3)C2)[C@@H]1c1cc(Br)c(OC)c(OC)c1. The van der Waals surface area contributed by atoms with Crippen molar-refractivity contribution in [2.45, 2.75) is 38.5 Å². The molecule has 1 heterocycles. The second kappa shape index (κ2) is 13.5. The summed E-state index contributed by atoms with van der Waals surface area (Å²) in [4.78, 5) is 32.4. The zero-order valence-electron chi connectivity index (χ0n) is 24.2. The van der Waals surface area contributed by atoms with Gasteiger partial charge < -0.3 is 28.4 Å². The summed E-state index contributed by atoms with van der Waals surface area (Å²) < 4.78 is 33.6. The molecule has 4 rings (SSSR count). The summed E-state index contributed by atoms with van der Waals surface area (Å²) in [6.07, 6.45) is 0.797. The number of esters is 1. The summed E-state index contributed by atoms with van der Waals surface area (Å²) in [5, 5.41) is 0. The van der Waals surface area contributed by atoms with Gasteiger partial charge in [0.05, 0.1) is 39.5 Å². The molecule has 9 nitrogen and oxygen atoms in total. The lowest BCUT2D eigenvalue weighted by Gasteiger charge is -2.36. The lowest BCUT2D eigenvalue weighted by molar-refractivity contribution is -0.148. The van der Waals surface area contributed by atoms with E-state index in [1.807, 2.05) is 44.2 Å². The van der Waals surface area contributed by atoms with E-state index in [0.29, 0.717) is 57.5 Å². The third kappa shape index (κ3) is 6.28. The topological polar surface area (TPSA) is 102 Å². The van der Waals surface area contributed by atoms with E-state index in [1.165, 1.54) is 0 Å². The molecular formula is C31H36BrNO8. The smallest absolute Gasteiger partial charge is 0.315 e. The minimum absolute atomic E-state index is 0.0645. The van der Waals surface area contributed by atoms with Crippen molar-refractivity contribution in [3.8, 4) is 23.0 Å². The maximum Gasteiger partial charge on any atom is 0.315 e. The molecule has 0 saturated heterocycles. The summed E-state index contributed by atoms with van der Waals surface area (Å²) in [7, 11) is 6.27. The zero-order chi connectivity index (χ0) is 29.7. The van der Waals surface area contributed by atoms with E-state index in [2.05, 4.69) is 15.9 Å². The van der Waals surface area contributed by atoms with Gasteiger partial charge in [-0.1, -0.05) is 6.07 Å². The average molecular weight is 631 g/mol. The zero-order valence-corrected chi connectivity index (χ0v) is 25.8. The van der Waals surface area contributed by atoms with Crippen LogP contribution in [0.2, 0.25) is 0 Å². The van der Waals surface area contributed by atoms with Crippen LogP contribution in [0.5, 0.6) is 23.0 Å². The van der Waals surface area contributed by atoms with E-state index in [1.54, 1.807) is 28.4 Å². The van der Waals surface area contributed by atoms with Gasteiger partial charge in [-0.25, -0.2) is 0 Å². The Labute approximate surface area is 248 Å². The van der Waals surface area contributed by atoms with Gasteiger partial charge in [0.1, 0.15) is 12.5 Å². The number of benzene rings is 2. The van der Waals surface area contributed by atoms with Crippen molar-refractivity contribution in [3.63, 3.8) is 0 Å². The summed E-state index contributed by atoms with van der Waals surface area (Å²) in [5.41, 5.74) is 3.46. The molecule has 2 aromatic carbocycles. The van der Waals surface area contributed by atoms with Gasteiger partial charge in [0, 0.05) is 35.9 Å². The van der Waals surface area contributed by atoms with Crippen LogP contribution < -0.4 is 18.9 Å². The van der Waals surface area contributed by atoms with Crippen molar-refractivity contribution in [1.29, 1.82) is 0 Å². The normalized spacial score (nSPS) is 20.2. The number of carbonyl (C=O) groups is 2. The van der Waals surface area contributed by atoms with Gasteiger partial charge in [0.25, 0.3) is 0 Å². The first-order valence-electron chi connectivity index (χ1n) is 13.5. The number of aliphatic imine (C=N–C) groups is 1. The molecule has 0 saturated carbocycles. The Balaban J connectivity index is 1.79. The molecule has 0 bridgehead atoms. The summed E-state index contributed by atoms with van der Waals surface area (Å²) >= 11 is 3.57. The van der Waals surface area contributed by atoms with Crippen LogP contribution in [0.25, 0.3) is 0 Å². The first-order valence-corrected chi connectivity index (χ1v) is 14.3. The molecule has 220 valence electrons. The van der Waals surface area contributed by atoms with Crippen molar-refractivity contribution in [3.05, 3.63) is 57.2 Å². The number of rotatable bonds is 11. The Kier molecular flexibility index (Phi) is 10.1. The number of Topliss-reactive ketones (excluding diaryl/α,β-unsaturated/α-hetero) is 1. The number of ketones is 1. The number of hydrogen-bond acceptors (Lipinski definition) is 9. The van der Waals surface area contributed by atoms with Crippen LogP contribution in [0.3, 0.4) is 0 Å². The van der Waals surface area contributed by atoms with Crippen LogP contribution in [0.4, 0.5) is 0 Å². The first kappa shape index (κ1) is 30.6. The molecule has 10 heteroatoms. The fraction of sp³-hybridized carbons (Fsp3) is 0.452. The highest BCUT2D eigenvalue weighted by molar-refractivity contribution is 9.10. The highest BCUT2D eigenvalue weighted by Gasteiger charge is 2.45. The fourth-order valence-corrected chi connectivity index (χ4v) is 6.24. The molecule has 2 aromatic rings. The summed E-state index contributed by atoms with van der Waals surface area (Å²) in [6, 6.07) is 9.38. The Morgan fingerprint density at radius 3 is 2.29 bits per heavy atom. The van der Waals surface area contributed by atoms with Gasteiger partial charge in [-0.15, -0.1) is 0 Å². The van der Waals surface area contributed by atoms with Crippen LogP contribution in [0.1, 0.15) is 49.7 Å². The Morgan fingerprint density at radius 2 is 1.63 bits per heavy atom. The minimum atomic E-state index is -0.790. The molecule has 0 radical (unpaired) electrons. The van der Waals surface area contributed by atoms with Gasteiger partial charge in [-0.2, -0.15) is 0 Å². The average Bonchev–Trinajstić information content (AvgIpc) is 2.97. The molecule has 1 aliphatic heterocycles. The summed E-state index contributed by atoms with van der Waals surface area (Å²) in [6.45, 7) is 4.61. The van der Waals surface area contributed by atoms with Gasteiger partial charge in [-0.3, -0.25) is 14.6 Å². The maximum atomic E-state index is 14.0. The van der Waals surface area contributed by atoms with Crippen molar-refractivity contribution in [1.82, 2.24) is 0 Å². The van der Waals surface area contributed by atoms with E-state index in [4.69, 9.17) is 33.4 Å². The minimum Gasteiger partial charge on any atom is -0.493 e. The maximum absolute atomic E-state index is 14.0. The molecule has 2 aliphatic rings. The van der Waals surface area contributed by atoms with Gasteiger partial charge >= 0.3 is 5.97 Å². The monoisotopic (exact) mass is 629 g/mol. The number of ether oxygens (including phenoxy) is 6. The van der Waals surface area contributed by atoms with E-state index in [0.717, 1.165) is 11.1 Å². The quantitative estimate of drug-likeness (QED) is 0.232. The van der Waals surface area contributed by atoms with E-state index >= 15 is 0 Å². The van der Waals surface area contributed by atoms with E-state index in [-0.39, 0.29) is 31.3 Å². The predicted molar refractivity (Wildman–Crippen MR) is 158 cm³/mol. The van der Waals surface area contributed by atoms with Crippen molar-refractivity contribution < 1.29 is 38.0 Å². The van der Waals surface area contributed by atoms with Gasteiger partial charge in [0.2, 0.25) is 0 Å². The molecule has 1 aliphatic carbocycles. The van der Waals surface area contributed by atoms with E-state index in [9.17, 15) is 9.59 Å². The lowest BCUT2D eigenvalue weighted by atomic mass is 9.69. The third-order valence-corrected chi connectivity index (χ3v) is 8.10. The molecule has 1 unspecified atom stereocenters. The molecule has 0 spiro atoms. The fourth-order valence-electron chi connectivity index (χ4n) is 5.62. The Morgan fingerprint density at radius 1 is 0.927 bits per heavy atom. The van der Waals surface area contributed by atoms with Crippen LogP contribution in [-0.4, -0.2) is 65.7 Å². The van der Waals surface area contributed by atoms with Crippen LogP contribution >= 0.6 is 15.9 Å². The van der Waals surface area contributed by atoms with Crippen LogP contribution in [0.15, 0.2) is 51.1 Å². The Bertz CT molecular complexity index is 1370. The molecule has 0 N–H and O–H groups in total. The second-order valence-electron chi connectivity index (χ2n) is 9.81. The Hall–Kier alpha value is -3.37. The van der Waals surface area contributed by atoms with Crippen molar-refractivity contribution in [2.24, 2.45) is 10.9 Å². The number of allylic oxidation sites excluding steroid dienone is 2. The molecule has 3 atom stereocenters. The van der Waals surface area contributed by atoms with Crippen LogP contribution in [-0.2, 0) is 19.1 Å². The lowest BCUT2D eigenvalue weighted by Crippen LogP contribution is -2.38. The van der Waals surface area contributed by atoms with Crippen LogP contribution in [0, 0.1) is 5.92 Å². The number of carbonyl (C=O) groups excluding carboxylic acids is 2. The highest BCUT2D eigenvalue weighted by atomic mass is 79.9. The van der Waals surface area contributed by atoms with Crippen molar-refractivity contribution >= 4 is 33.4 Å².